The van der Waals surface area contributed by atoms with Gasteiger partial charge in [-0.2, -0.15) is 0 Å². The Bertz CT molecular complexity index is 358. The van der Waals surface area contributed by atoms with Crippen LogP contribution in [0.2, 0.25) is 0 Å². The quantitative estimate of drug-likeness (QED) is 0.268. The van der Waals surface area contributed by atoms with Crippen LogP contribution in [0, 0.1) is 0 Å². The summed E-state index contributed by atoms with van der Waals surface area (Å²) in [4.78, 5) is 22.5. The third kappa shape index (κ3) is 6.87. The Hall–Kier alpha value is -1.48. The van der Waals surface area contributed by atoms with E-state index in [9.17, 15) is 9.59 Å². The predicted molar refractivity (Wildman–Crippen MR) is 60.9 cm³/mol. The summed E-state index contributed by atoms with van der Waals surface area (Å²) in [5.74, 6) is -7.60. The first-order chi connectivity index (χ1) is 8.53. The lowest BCUT2D eigenvalue weighted by molar-refractivity contribution is -0.322. The minimum absolute atomic E-state index is 0.262. The highest BCUT2D eigenvalue weighted by atomic mass is 16.8. The molecule has 0 aliphatic heterocycles. The second-order valence-electron chi connectivity index (χ2n) is 3.84. The lowest BCUT2D eigenvalue weighted by Gasteiger charge is -2.21. The molecule has 0 aromatic rings. The van der Waals surface area contributed by atoms with Crippen molar-refractivity contribution in [3.8, 4) is 0 Å². The highest BCUT2D eigenvalue weighted by molar-refractivity contribution is 5.93. The maximum absolute atomic E-state index is 11.3. The van der Waals surface area contributed by atoms with E-state index < -0.39 is 35.9 Å². The van der Waals surface area contributed by atoms with Gasteiger partial charge in [0.15, 0.2) is 0 Å². The fraction of sp³-hybridized carbons (Fsp3) is 0.636. The van der Waals surface area contributed by atoms with E-state index in [1.165, 1.54) is 13.8 Å². The topological polar surface area (TPSA) is 134 Å². The minimum Gasteiger partial charge on any atom is -0.408 e. The second-order valence-corrected chi connectivity index (χ2v) is 3.84. The zero-order chi connectivity index (χ0) is 15.3. The van der Waals surface area contributed by atoms with E-state index in [0.29, 0.717) is 0 Å². The van der Waals surface area contributed by atoms with Gasteiger partial charge in [0, 0.05) is 18.4 Å². The van der Waals surface area contributed by atoms with Crippen LogP contribution in [0.3, 0.4) is 0 Å². The first-order valence-electron chi connectivity index (χ1n) is 5.55. The summed E-state index contributed by atoms with van der Waals surface area (Å²) in [6.45, 7) is 5.93. The molecular formula is C11H18O8. The van der Waals surface area contributed by atoms with Crippen LogP contribution in [0.4, 0.5) is 0 Å². The fourth-order valence-electron chi connectivity index (χ4n) is 0.830. The third-order valence-corrected chi connectivity index (χ3v) is 2.10. The van der Waals surface area contributed by atoms with Crippen molar-refractivity contribution in [3.63, 3.8) is 0 Å². The van der Waals surface area contributed by atoms with Gasteiger partial charge in [-0.3, -0.25) is 4.79 Å². The average molecular weight is 278 g/mol. The van der Waals surface area contributed by atoms with Gasteiger partial charge in [0.25, 0.3) is 0 Å². The Labute approximate surface area is 109 Å². The van der Waals surface area contributed by atoms with Crippen molar-refractivity contribution in [2.45, 2.75) is 45.1 Å². The van der Waals surface area contributed by atoms with E-state index in [4.69, 9.17) is 20.4 Å². The summed E-state index contributed by atoms with van der Waals surface area (Å²) < 4.78 is 8.49. The molecule has 8 nitrogen and oxygen atoms in total. The monoisotopic (exact) mass is 278 g/mol. The van der Waals surface area contributed by atoms with E-state index in [2.05, 4.69) is 16.1 Å². The van der Waals surface area contributed by atoms with Crippen LogP contribution in [0.25, 0.3) is 0 Å². The molecule has 0 saturated carbocycles. The van der Waals surface area contributed by atoms with Crippen molar-refractivity contribution in [2.24, 2.45) is 0 Å². The standard InChI is InChI=1S/C11H18O8/c1-4-10(14,15)18-8(12)6-7(3)9(13)19-11(16,17)5-2/h14-17H,3-6H2,1-2H3. The van der Waals surface area contributed by atoms with Crippen molar-refractivity contribution in [3.05, 3.63) is 12.2 Å². The van der Waals surface area contributed by atoms with Crippen LogP contribution in [-0.2, 0) is 19.1 Å². The van der Waals surface area contributed by atoms with Gasteiger partial charge in [0.1, 0.15) is 0 Å². The molecule has 0 rings (SSSR count). The van der Waals surface area contributed by atoms with Crippen molar-refractivity contribution >= 4 is 11.9 Å². The van der Waals surface area contributed by atoms with Gasteiger partial charge < -0.3 is 29.9 Å². The number of carbonyl (C=O) groups excluding carboxylic acids is 2. The average Bonchev–Trinajstić information content (AvgIpc) is 2.27. The molecule has 0 aromatic carbocycles. The maximum Gasteiger partial charge on any atom is 0.338 e. The molecule has 0 amide bonds. The molecule has 19 heavy (non-hydrogen) atoms. The van der Waals surface area contributed by atoms with Crippen LogP contribution in [0.1, 0.15) is 33.1 Å². The molecule has 4 N–H and O–H groups in total. The summed E-state index contributed by atoms with van der Waals surface area (Å²) in [5, 5.41) is 36.3. The number of esters is 2. The molecular weight excluding hydrogens is 260 g/mol. The number of hydrogen-bond donors (Lipinski definition) is 4. The molecule has 0 heterocycles. The van der Waals surface area contributed by atoms with E-state index in [0.717, 1.165) is 0 Å². The molecule has 0 unspecified atom stereocenters. The zero-order valence-corrected chi connectivity index (χ0v) is 10.8. The van der Waals surface area contributed by atoms with Crippen LogP contribution in [0.5, 0.6) is 0 Å². The Balaban J connectivity index is 4.39. The van der Waals surface area contributed by atoms with E-state index >= 15 is 0 Å². The molecule has 0 spiro atoms. The normalized spacial score (nSPS) is 11.9. The Morgan fingerprint density at radius 1 is 1.00 bits per heavy atom. The second kappa shape index (κ2) is 6.62. The van der Waals surface area contributed by atoms with E-state index in [-0.39, 0.29) is 12.8 Å². The molecule has 0 fully saturated rings. The largest absolute Gasteiger partial charge is 0.408 e. The van der Waals surface area contributed by atoms with Crippen molar-refractivity contribution in [1.29, 1.82) is 0 Å². The van der Waals surface area contributed by atoms with E-state index in [1.54, 1.807) is 0 Å². The Morgan fingerprint density at radius 3 is 1.84 bits per heavy atom. The predicted octanol–water partition coefficient (Wildman–Crippen LogP) is -0.884. The first-order valence-corrected chi connectivity index (χ1v) is 5.55. The highest BCUT2D eigenvalue weighted by Crippen LogP contribution is 2.14. The summed E-state index contributed by atoms with van der Waals surface area (Å²) in [5.41, 5.74) is -0.419. The van der Waals surface area contributed by atoms with Crippen LogP contribution >= 0.6 is 0 Å². The van der Waals surface area contributed by atoms with Gasteiger partial charge in [-0.15, -0.1) is 0 Å². The maximum atomic E-state index is 11.3. The molecule has 8 heteroatoms. The Kier molecular flexibility index (Phi) is 6.10. The molecule has 0 atom stereocenters. The van der Waals surface area contributed by atoms with Crippen LogP contribution in [0.15, 0.2) is 12.2 Å². The van der Waals surface area contributed by atoms with Gasteiger partial charge in [-0.25, -0.2) is 4.79 Å². The molecule has 0 aliphatic carbocycles. The fourth-order valence-corrected chi connectivity index (χ4v) is 0.830. The first kappa shape index (κ1) is 17.5. The van der Waals surface area contributed by atoms with Gasteiger partial charge in [0.2, 0.25) is 0 Å². The summed E-state index contributed by atoms with van der Waals surface area (Å²) >= 11 is 0. The highest BCUT2D eigenvalue weighted by Gasteiger charge is 2.30. The van der Waals surface area contributed by atoms with Gasteiger partial charge in [-0.05, 0) is 0 Å². The molecule has 0 saturated heterocycles. The molecule has 0 radical (unpaired) electrons. The van der Waals surface area contributed by atoms with Gasteiger partial charge >= 0.3 is 23.9 Å². The summed E-state index contributed by atoms with van der Waals surface area (Å²) in [6, 6.07) is 0. The van der Waals surface area contributed by atoms with Crippen molar-refractivity contribution < 1.29 is 39.5 Å². The lowest BCUT2D eigenvalue weighted by Crippen LogP contribution is -2.36. The van der Waals surface area contributed by atoms with Crippen molar-refractivity contribution in [1.82, 2.24) is 0 Å². The molecule has 0 bridgehead atoms. The smallest absolute Gasteiger partial charge is 0.338 e. The van der Waals surface area contributed by atoms with E-state index in [1.807, 2.05) is 0 Å². The molecule has 0 aromatic heterocycles. The zero-order valence-electron chi connectivity index (χ0n) is 10.8. The number of ether oxygens (including phenoxy) is 2. The van der Waals surface area contributed by atoms with Gasteiger partial charge in [0.05, 0.1) is 6.42 Å². The SMILES string of the molecule is C=C(CC(=O)OC(O)(O)CC)C(=O)OC(O)(O)CC. The Morgan fingerprint density at radius 2 is 1.42 bits per heavy atom. The number of rotatable bonds is 7. The number of aliphatic hydroxyl groups is 4. The summed E-state index contributed by atoms with van der Waals surface area (Å²) in [6.07, 6.45) is -1.22. The third-order valence-electron chi connectivity index (χ3n) is 2.10. The van der Waals surface area contributed by atoms with Crippen LogP contribution < -0.4 is 0 Å². The minimum atomic E-state index is -2.65. The molecule has 0 aliphatic rings. The van der Waals surface area contributed by atoms with Gasteiger partial charge in [-0.1, -0.05) is 20.4 Å². The number of carbonyl (C=O) groups is 2. The van der Waals surface area contributed by atoms with Crippen molar-refractivity contribution in [2.75, 3.05) is 0 Å². The van der Waals surface area contributed by atoms with Crippen LogP contribution in [-0.4, -0.2) is 44.3 Å². The number of hydrogen-bond acceptors (Lipinski definition) is 8. The lowest BCUT2D eigenvalue weighted by atomic mass is 10.2. The summed E-state index contributed by atoms with van der Waals surface area (Å²) in [7, 11) is 0. The molecule has 110 valence electrons.